The van der Waals surface area contributed by atoms with Crippen LogP contribution in [0.2, 0.25) is 0 Å². The van der Waals surface area contributed by atoms with Gasteiger partial charge in [0.05, 0.1) is 14.2 Å². The maximum Gasteiger partial charge on any atom is 0.255 e. The Morgan fingerprint density at radius 1 is 1.14 bits per heavy atom. The molecule has 0 aliphatic heterocycles. The van der Waals surface area contributed by atoms with Crippen LogP contribution in [0.25, 0.3) is 0 Å². The molecular formula is C15H13BrFNO3. The van der Waals surface area contributed by atoms with Crippen molar-refractivity contribution in [2.75, 3.05) is 19.5 Å². The van der Waals surface area contributed by atoms with Crippen LogP contribution in [0.3, 0.4) is 0 Å². The van der Waals surface area contributed by atoms with Crippen molar-refractivity contribution in [3.05, 3.63) is 52.3 Å². The van der Waals surface area contributed by atoms with Crippen LogP contribution in [0.5, 0.6) is 11.5 Å². The van der Waals surface area contributed by atoms with Crippen molar-refractivity contribution in [1.82, 2.24) is 0 Å². The molecular weight excluding hydrogens is 341 g/mol. The molecule has 0 spiro atoms. The van der Waals surface area contributed by atoms with E-state index < -0.39 is 5.82 Å². The fraction of sp³-hybridized carbons (Fsp3) is 0.133. The van der Waals surface area contributed by atoms with Gasteiger partial charge in [0.15, 0.2) is 0 Å². The Morgan fingerprint density at radius 3 is 2.29 bits per heavy atom. The summed E-state index contributed by atoms with van der Waals surface area (Å²) in [6.07, 6.45) is 0. The lowest BCUT2D eigenvalue weighted by molar-refractivity contribution is 0.102. The summed E-state index contributed by atoms with van der Waals surface area (Å²) in [5.74, 6) is 0.140. The molecule has 0 aliphatic carbocycles. The number of benzene rings is 2. The second-order valence-corrected chi connectivity index (χ2v) is 4.95. The van der Waals surface area contributed by atoms with Crippen LogP contribution in [0.15, 0.2) is 40.9 Å². The summed E-state index contributed by atoms with van der Waals surface area (Å²) in [6, 6.07) is 8.82. The van der Waals surface area contributed by atoms with Crippen LogP contribution in [0, 0.1) is 5.82 Å². The number of amides is 1. The van der Waals surface area contributed by atoms with Gasteiger partial charge >= 0.3 is 0 Å². The predicted molar refractivity (Wildman–Crippen MR) is 81.6 cm³/mol. The maximum atomic E-state index is 13.1. The van der Waals surface area contributed by atoms with Crippen LogP contribution in [0.4, 0.5) is 10.1 Å². The molecule has 0 fully saturated rings. The van der Waals surface area contributed by atoms with E-state index in [1.54, 1.807) is 18.2 Å². The van der Waals surface area contributed by atoms with Crippen molar-refractivity contribution in [3.63, 3.8) is 0 Å². The summed E-state index contributed by atoms with van der Waals surface area (Å²) in [5.41, 5.74) is 0.719. The molecule has 6 heteroatoms. The van der Waals surface area contributed by atoms with Crippen molar-refractivity contribution in [2.45, 2.75) is 0 Å². The van der Waals surface area contributed by atoms with E-state index in [1.807, 2.05) is 0 Å². The number of nitrogens with one attached hydrogen (secondary N) is 1. The molecule has 1 N–H and O–H groups in total. The summed E-state index contributed by atoms with van der Waals surface area (Å²) in [6.45, 7) is 0. The van der Waals surface area contributed by atoms with Gasteiger partial charge in [0, 0.05) is 11.3 Å². The van der Waals surface area contributed by atoms with Crippen molar-refractivity contribution >= 4 is 27.5 Å². The van der Waals surface area contributed by atoms with E-state index in [0.717, 1.165) is 0 Å². The fourth-order valence-corrected chi connectivity index (χ4v) is 2.32. The molecule has 2 aromatic rings. The average molecular weight is 354 g/mol. The zero-order valence-corrected chi connectivity index (χ0v) is 13.0. The molecule has 2 rings (SSSR count). The van der Waals surface area contributed by atoms with Crippen LogP contribution < -0.4 is 14.8 Å². The molecule has 0 unspecified atom stereocenters. The Balaban J connectivity index is 2.31. The molecule has 2 aromatic carbocycles. The number of halogens is 2. The standard InChI is InChI=1S/C15H13BrFNO3/c1-20-12-6-9(7-13(21-2)14(12)16)15(19)18-11-5-3-4-10(17)8-11/h3-8H,1-2H3,(H,18,19). The second-order valence-electron chi connectivity index (χ2n) is 4.16. The highest BCUT2D eigenvalue weighted by Gasteiger charge is 2.14. The minimum atomic E-state index is -0.418. The number of ether oxygens (including phenoxy) is 2. The van der Waals surface area contributed by atoms with Gasteiger partial charge in [-0.1, -0.05) is 6.07 Å². The fourth-order valence-electron chi connectivity index (χ4n) is 1.77. The maximum absolute atomic E-state index is 13.1. The highest BCUT2D eigenvalue weighted by molar-refractivity contribution is 9.10. The van der Waals surface area contributed by atoms with Crippen LogP contribution in [0.1, 0.15) is 10.4 Å². The van der Waals surface area contributed by atoms with E-state index in [9.17, 15) is 9.18 Å². The van der Waals surface area contributed by atoms with Crippen molar-refractivity contribution in [1.29, 1.82) is 0 Å². The highest BCUT2D eigenvalue weighted by Crippen LogP contribution is 2.35. The normalized spacial score (nSPS) is 10.1. The van der Waals surface area contributed by atoms with E-state index in [-0.39, 0.29) is 5.91 Å². The summed E-state index contributed by atoms with van der Waals surface area (Å²) in [4.78, 5) is 12.2. The van der Waals surface area contributed by atoms with Crippen LogP contribution in [-0.2, 0) is 0 Å². The zero-order chi connectivity index (χ0) is 15.4. The van der Waals surface area contributed by atoms with Gasteiger partial charge in [0.25, 0.3) is 5.91 Å². The van der Waals surface area contributed by atoms with E-state index in [0.29, 0.717) is 27.2 Å². The first-order valence-corrected chi connectivity index (χ1v) is 6.83. The van der Waals surface area contributed by atoms with Crippen molar-refractivity contribution in [2.24, 2.45) is 0 Å². The number of rotatable bonds is 4. The van der Waals surface area contributed by atoms with E-state index in [2.05, 4.69) is 21.2 Å². The van der Waals surface area contributed by atoms with Gasteiger partial charge in [-0.15, -0.1) is 0 Å². The molecule has 4 nitrogen and oxygen atoms in total. The third-order valence-electron chi connectivity index (χ3n) is 2.79. The zero-order valence-electron chi connectivity index (χ0n) is 11.4. The number of carbonyl (C=O) groups excluding carboxylic acids is 1. The average Bonchev–Trinajstić information content (AvgIpc) is 2.47. The lowest BCUT2D eigenvalue weighted by Gasteiger charge is -2.11. The Morgan fingerprint density at radius 2 is 1.76 bits per heavy atom. The molecule has 0 atom stereocenters. The number of methoxy groups -OCH3 is 2. The Labute approximate surface area is 130 Å². The highest BCUT2D eigenvalue weighted by atomic mass is 79.9. The molecule has 0 saturated carbocycles. The van der Waals surface area contributed by atoms with Crippen molar-refractivity contribution in [3.8, 4) is 11.5 Å². The third kappa shape index (κ3) is 3.52. The number of hydrogen-bond donors (Lipinski definition) is 1. The third-order valence-corrected chi connectivity index (χ3v) is 3.57. The summed E-state index contributed by atoms with van der Waals surface area (Å²) < 4.78 is 24.1. The molecule has 1 amide bonds. The van der Waals surface area contributed by atoms with Gasteiger partial charge in [-0.05, 0) is 46.3 Å². The molecule has 110 valence electrons. The summed E-state index contributed by atoms with van der Waals surface area (Å²) in [5, 5.41) is 2.62. The van der Waals surface area contributed by atoms with Gasteiger partial charge < -0.3 is 14.8 Å². The lowest BCUT2D eigenvalue weighted by atomic mass is 10.1. The first-order valence-electron chi connectivity index (χ1n) is 6.03. The molecule has 0 heterocycles. The largest absolute Gasteiger partial charge is 0.495 e. The first kappa shape index (κ1) is 15.3. The second kappa shape index (κ2) is 6.58. The van der Waals surface area contributed by atoms with E-state index in [1.165, 1.54) is 32.4 Å². The minimum Gasteiger partial charge on any atom is -0.495 e. The molecule has 21 heavy (non-hydrogen) atoms. The summed E-state index contributed by atoms with van der Waals surface area (Å²) in [7, 11) is 2.99. The topological polar surface area (TPSA) is 47.6 Å². The van der Waals surface area contributed by atoms with Crippen molar-refractivity contribution < 1.29 is 18.7 Å². The number of hydrogen-bond acceptors (Lipinski definition) is 3. The lowest BCUT2D eigenvalue weighted by Crippen LogP contribution is -2.12. The number of anilines is 1. The SMILES string of the molecule is COc1cc(C(=O)Nc2cccc(F)c2)cc(OC)c1Br. The predicted octanol–water partition coefficient (Wildman–Crippen LogP) is 3.86. The number of carbonyl (C=O) groups is 1. The van der Waals surface area contributed by atoms with Crippen LogP contribution >= 0.6 is 15.9 Å². The Kier molecular flexibility index (Phi) is 4.80. The van der Waals surface area contributed by atoms with Crippen LogP contribution in [-0.4, -0.2) is 20.1 Å². The molecule has 0 saturated heterocycles. The molecule has 0 aromatic heterocycles. The van der Waals surface area contributed by atoms with Gasteiger partial charge in [-0.3, -0.25) is 4.79 Å². The molecule has 0 bridgehead atoms. The minimum absolute atomic E-state index is 0.344. The summed E-state index contributed by atoms with van der Waals surface area (Å²) >= 11 is 3.33. The van der Waals surface area contributed by atoms with Gasteiger partial charge in [-0.25, -0.2) is 4.39 Å². The van der Waals surface area contributed by atoms with E-state index in [4.69, 9.17) is 9.47 Å². The van der Waals surface area contributed by atoms with Gasteiger partial charge in [0.2, 0.25) is 0 Å². The molecule has 0 aliphatic rings. The van der Waals surface area contributed by atoms with Gasteiger partial charge in [-0.2, -0.15) is 0 Å². The first-order chi connectivity index (χ1) is 10.0. The smallest absolute Gasteiger partial charge is 0.255 e. The monoisotopic (exact) mass is 353 g/mol. The van der Waals surface area contributed by atoms with Gasteiger partial charge in [0.1, 0.15) is 21.8 Å². The quantitative estimate of drug-likeness (QED) is 0.907. The Hall–Kier alpha value is -2.08. The Bertz CT molecular complexity index is 651. The van der Waals surface area contributed by atoms with E-state index >= 15 is 0 Å². The molecule has 0 radical (unpaired) electrons.